The van der Waals surface area contributed by atoms with Crippen molar-refractivity contribution in [2.24, 2.45) is 0 Å². The van der Waals surface area contributed by atoms with Gasteiger partial charge in [0.05, 0.1) is 26.4 Å². The lowest BCUT2D eigenvalue weighted by Crippen LogP contribution is -2.32. The Morgan fingerprint density at radius 1 is 0.636 bits per heavy atom. The van der Waals surface area contributed by atoms with Crippen LogP contribution >= 0.6 is 0 Å². The van der Waals surface area contributed by atoms with Crippen LogP contribution in [0.15, 0.2) is 0 Å². The fraction of sp³-hybridized carbons (Fsp3) is 1.00. The molecule has 4 heterocycles. The molecule has 2 N–H and O–H groups in total. The summed E-state index contributed by atoms with van der Waals surface area (Å²) in [5.41, 5.74) is 0. The second-order valence-electron chi connectivity index (χ2n) is 5.87. The molecule has 0 spiro atoms. The smallest absolute Gasteiger partial charge is 0.115 e. The fourth-order valence-electron chi connectivity index (χ4n) is 3.29. The minimum absolute atomic E-state index is 0.00264. The molecule has 4 aliphatic rings. The van der Waals surface area contributed by atoms with Gasteiger partial charge in [0.15, 0.2) is 0 Å². The van der Waals surface area contributed by atoms with Gasteiger partial charge in [0.1, 0.15) is 48.8 Å². The molecular formula is C14H24O8. The second kappa shape index (κ2) is 7.06. The van der Waals surface area contributed by atoms with Gasteiger partial charge in [0, 0.05) is 14.2 Å². The van der Waals surface area contributed by atoms with Crippen molar-refractivity contribution in [3.05, 3.63) is 0 Å². The standard InChI is InChI=1S/2C7H12O4/c2*1-9-5-3-11-6-4(8)2-10-7(5)6/h2*4-8H,2-3H2,1H3/t2*4-,5+,6?,7?/m10/s1. The van der Waals surface area contributed by atoms with Gasteiger partial charge in [-0.25, -0.2) is 0 Å². The van der Waals surface area contributed by atoms with Crippen molar-refractivity contribution in [1.29, 1.82) is 0 Å². The van der Waals surface area contributed by atoms with Gasteiger partial charge < -0.3 is 38.6 Å². The van der Waals surface area contributed by atoms with Crippen LogP contribution in [0.25, 0.3) is 0 Å². The van der Waals surface area contributed by atoms with E-state index in [1.54, 1.807) is 14.2 Å². The Morgan fingerprint density at radius 2 is 1.00 bits per heavy atom. The van der Waals surface area contributed by atoms with Crippen LogP contribution in [0.2, 0.25) is 0 Å². The van der Waals surface area contributed by atoms with Crippen LogP contribution < -0.4 is 0 Å². The van der Waals surface area contributed by atoms with Crippen LogP contribution in [0.3, 0.4) is 0 Å². The molecule has 0 aromatic heterocycles. The molecule has 0 aromatic carbocycles. The van der Waals surface area contributed by atoms with E-state index in [0.717, 1.165) is 0 Å². The molecule has 128 valence electrons. The summed E-state index contributed by atoms with van der Waals surface area (Å²) in [6, 6.07) is 0. The monoisotopic (exact) mass is 320 g/mol. The summed E-state index contributed by atoms with van der Waals surface area (Å²) >= 11 is 0. The van der Waals surface area contributed by atoms with Gasteiger partial charge in [-0.15, -0.1) is 0 Å². The fourth-order valence-corrected chi connectivity index (χ4v) is 3.29. The Morgan fingerprint density at radius 3 is 1.36 bits per heavy atom. The lowest BCUT2D eigenvalue weighted by Gasteiger charge is -2.12. The van der Waals surface area contributed by atoms with Gasteiger partial charge in [-0.05, 0) is 0 Å². The Bertz CT molecular complexity index is 333. The predicted molar refractivity (Wildman–Crippen MR) is 72.6 cm³/mol. The number of fused-ring (bicyclic) bond motifs is 2. The topological polar surface area (TPSA) is 95.8 Å². The normalized spacial score (nSPS) is 49.6. The third-order valence-electron chi connectivity index (χ3n) is 4.57. The highest BCUT2D eigenvalue weighted by Gasteiger charge is 2.48. The second-order valence-corrected chi connectivity index (χ2v) is 5.87. The van der Waals surface area contributed by atoms with E-state index in [2.05, 4.69) is 0 Å². The van der Waals surface area contributed by atoms with Crippen molar-refractivity contribution in [2.45, 2.75) is 48.8 Å². The molecule has 0 aromatic rings. The first kappa shape index (κ1) is 16.5. The highest BCUT2D eigenvalue weighted by atomic mass is 16.6. The molecule has 0 radical (unpaired) electrons. The van der Waals surface area contributed by atoms with E-state index in [0.29, 0.717) is 26.4 Å². The van der Waals surface area contributed by atoms with Crippen LogP contribution in [0.5, 0.6) is 0 Å². The molecule has 0 saturated carbocycles. The molecule has 4 saturated heterocycles. The number of hydrogen-bond acceptors (Lipinski definition) is 8. The van der Waals surface area contributed by atoms with Gasteiger partial charge >= 0.3 is 0 Å². The van der Waals surface area contributed by atoms with Crippen molar-refractivity contribution in [3.63, 3.8) is 0 Å². The number of ether oxygens (including phenoxy) is 6. The van der Waals surface area contributed by atoms with E-state index in [4.69, 9.17) is 28.4 Å². The first-order valence-corrected chi connectivity index (χ1v) is 7.53. The molecule has 8 nitrogen and oxygen atoms in total. The van der Waals surface area contributed by atoms with Gasteiger partial charge in [-0.3, -0.25) is 0 Å². The van der Waals surface area contributed by atoms with Crippen molar-refractivity contribution < 1.29 is 38.6 Å². The van der Waals surface area contributed by atoms with Crippen molar-refractivity contribution >= 4 is 0 Å². The minimum atomic E-state index is -0.472. The Balaban J connectivity index is 0.000000131. The van der Waals surface area contributed by atoms with Crippen LogP contribution in [0, 0.1) is 0 Å². The Kier molecular flexibility index (Phi) is 5.31. The van der Waals surface area contributed by atoms with Crippen molar-refractivity contribution in [2.75, 3.05) is 40.6 Å². The maximum absolute atomic E-state index is 9.31. The molecule has 4 unspecified atom stereocenters. The predicted octanol–water partition coefficient (Wildman–Crippen LogP) is -1.68. The maximum atomic E-state index is 9.31. The molecule has 4 rings (SSSR count). The van der Waals surface area contributed by atoms with E-state index < -0.39 is 12.2 Å². The van der Waals surface area contributed by atoms with Crippen molar-refractivity contribution in [1.82, 2.24) is 0 Å². The first-order chi connectivity index (χ1) is 10.7. The maximum Gasteiger partial charge on any atom is 0.115 e. The molecule has 0 bridgehead atoms. The molecule has 0 amide bonds. The summed E-state index contributed by atoms with van der Waals surface area (Å²) in [5, 5.41) is 18.6. The number of hydrogen-bond donors (Lipinski definition) is 2. The van der Waals surface area contributed by atoms with Gasteiger partial charge in [-0.1, -0.05) is 0 Å². The van der Waals surface area contributed by atoms with E-state index in [1.165, 1.54) is 0 Å². The summed E-state index contributed by atoms with van der Waals surface area (Å²) in [7, 11) is 3.26. The molecule has 8 atom stereocenters. The number of methoxy groups -OCH3 is 2. The Labute approximate surface area is 129 Å². The average molecular weight is 320 g/mol. The lowest BCUT2D eigenvalue weighted by atomic mass is 10.1. The van der Waals surface area contributed by atoms with Crippen LogP contribution in [0.1, 0.15) is 0 Å². The van der Waals surface area contributed by atoms with E-state index in [9.17, 15) is 10.2 Å². The average Bonchev–Trinajstić information content (AvgIpc) is 3.25. The Hall–Kier alpha value is -0.320. The summed E-state index contributed by atoms with van der Waals surface area (Å²) < 4.78 is 31.4. The summed E-state index contributed by atoms with van der Waals surface area (Å²) in [6.45, 7) is 1.80. The van der Waals surface area contributed by atoms with Crippen LogP contribution in [0.4, 0.5) is 0 Å². The van der Waals surface area contributed by atoms with E-state index in [-0.39, 0.29) is 36.6 Å². The molecule has 0 aliphatic carbocycles. The largest absolute Gasteiger partial charge is 0.388 e. The van der Waals surface area contributed by atoms with Crippen molar-refractivity contribution in [3.8, 4) is 0 Å². The van der Waals surface area contributed by atoms with E-state index >= 15 is 0 Å². The van der Waals surface area contributed by atoms with Crippen LogP contribution in [-0.2, 0) is 28.4 Å². The molecule has 4 fully saturated rings. The number of rotatable bonds is 2. The molecular weight excluding hydrogens is 296 g/mol. The van der Waals surface area contributed by atoms with Gasteiger partial charge in [0.2, 0.25) is 0 Å². The number of aliphatic hydroxyl groups excluding tert-OH is 2. The third-order valence-corrected chi connectivity index (χ3v) is 4.57. The minimum Gasteiger partial charge on any atom is -0.388 e. The van der Waals surface area contributed by atoms with Crippen LogP contribution in [-0.4, -0.2) is 99.7 Å². The first-order valence-electron chi connectivity index (χ1n) is 7.53. The summed E-state index contributed by atoms with van der Waals surface area (Å²) in [6.07, 6.45) is -1.40. The molecule has 4 aliphatic heterocycles. The molecule has 22 heavy (non-hydrogen) atoms. The van der Waals surface area contributed by atoms with Gasteiger partial charge in [-0.2, -0.15) is 0 Å². The highest BCUT2D eigenvalue weighted by molar-refractivity contribution is 4.95. The van der Waals surface area contributed by atoms with E-state index in [1.807, 2.05) is 0 Å². The summed E-state index contributed by atoms with van der Waals surface area (Å²) in [5.74, 6) is 0. The SMILES string of the molecule is CO[C@@H]1COC2C1OC[C@@H]2O.CO[C@H]1COC2C1OC[C@H]2O. The number of aliphatic hydroxyl groups is 2. The molecule has 8 heteroatoms. The lowest BCUT2D eigenvalue weighted by molar-refractivity contribution is -0.0168. The quantitative estimate of drug-likeness (QED) is 0.623. The summed E-state index contributed by atoms with van der Waals surface area (Å²) in [4.78, 5) is 0. The zero-order valence-corrected chi connectivity index (χ0v) is 12.8. The van der Waals surface area contributed by atoms with Gasteiger partial charge in [0.25, 0.3) is 0 Å². The third kappa shape index (κ3) is 3.02. The highest BCUT2D eigenvalue weighted by Crippen LogP contribution is 2.28. The zero-order valence-electron chi connectivity index (χ0n) is 12.8. The zero-order chi connectivity index (χ0) is 15.7.